The summed E-state index contributed by atoms with van der Waals surface area (Å²) in [6, 6.07) is 15.4. The third kappa shape index (κ3) is 7.57. The van der Waals surface area contributed by atoms with E-state index in [0.717, 1.165) is 40.7 Å². The summed E-state index contributed by atoms with van der Waals surface area (Å²) in [7, 11) is 0.545. The van der Waals surface area contributed by atoms with Crippen molar-refractivity contribution in [3.05, 3.63) is 53.6 Å². The Morgan fingerprint density at radius 1 is 1.23 bits per heavy atom. The second-order valence-electron chi connectivity index (χ2n) is 7.15. The molecule has 1 atom stereocenters. The van der Waals surface area contributed by atoms with Crippen molar-refractivity contribution >= 4 is 34.0 Å². The minimum absolute atomic E-state index is 0.547. The van der Waals surface area contributed by atoms with Crippen molar-refractivity contribution in [2.24, 2.45) is 5.92 Å². The molecule has 0 aromatic heterocycles. The molecule has 2 aromatic carbocycles. The molecule has 0 aliphatic heterocycles. The molecule has 0 saturated heterocycles. The predicted molar refractivity (Wildman–Crippen MR) is 128 cm³/mol. The lowest BCUT2D eigenvalue weighted by Gasteiger charge is -2.12. The summed E-state index contributed by atoms with van der Waals surface area (Å²) >= 11 is 0. The van der Waals surface area contributed by atoms with Crippen molar-refractivity contribution in [1.29, 1.82) is 5.26 Å². The molecule has 0 heterocycles. The van der Waals surface area contributed by atoms with Gasteiger partial charge in [0.2, 0.25) is 0 Å². The van der Waals surface area contributed by atoms with E-state index in [4.69, 9.17) is 4.74 Å². The van der Waals surface area contributed by atoms with Gasteiger partial charge in [-0.1, -0.05) is 38.8 Å². The van der Waals surface area contributed by atoms with Gasteiger partial charge in [0.25, 0.3) is 0 Å². The van der Waals surface area contributed by atoms with E-state index in [0.29, 0.717) is 11.3 Å². The highest BCUT2D eigenvalue weighted by atomic mass is 32.2. The number of benzene rings is 2. The summed E-state index contributed by atoms with van der Waals surface area (Å²) in [5.74, 6) is 2.37. The minimum atomic E-state index is -1.07. The van der Waals surface area contributed by atoms with Crippen LogP contribution in [0.2, 0.25) is 0 Å². The van der Waals surface area contributed by atoms with Crippen LogP contribution in [0.15, 0.2) is 42.5 Å². The van der Waals surface area contributed by atoms with Gasteiger partial charge in [-0.05, 0) is 48.7 Å². The fourth-order valence-electron chi connectivity index (χ4n) is 2.58. The summed E-state index contributed by atoms with van der Waals surface area (Å²) < 4.78 is 19.7. The zero-order chi connectivity index (χ0) is 21.9. The number of ether oxygens (including phenoxy) is 1. The number of nitrogens with zero attached hydrogens (tertiary/aromatic N) is 1. The first kappa shape index (κ1) is 23.5. The number of anilines is 2. The topological polar surface area (TPSA) is 74.2 Å². The molecule has 5 nitrogen and oxygen atoms in total. The molecular weight excluding hydrogens is 394 g/mol. The SMILES string of the molecule is CC1CC1.CCNc1cc(OC)ccc1/C(C#N)=C/c1ccc(NS(=O)CC)cc1. The van der Waals surface area contributed by atoms with Crippen LogP contribution in [0.5, 0.6) is 5.75 Å². The summed E-state index contributed by atoms with van der Waals surface area (Å²) in [5, 5.41) is 12.9. The molecule has 0 spiro atoms. The van der Waals surface area contributed by atoms with Crippen LogP contribution in [0.3, 0.4) is 0 Å². The van der Waals surface area contributed by atoms with Crippen molar-refractivity contribution in [3.63, 3.8) is 0 Å². The Morgan fingerprint density at radius 2 is 1.90 bits per heavy atom. The van der Waals surface area contributed by atoms with Gasteiger partial charge in [0, 0.05) is 35.3 Å². The van der Waals surface area contributed by atoms with E-state index in [1.54, 1.807) is 7.11 Å². The first-order chi connectivity index (χ1) is 14.5. The molecule has 160 valence electrons. The maximum atomic E-state index is 11.6. The van der Waals surface area contributed by atoms with Crippen molar-refractivity contribution in [2.75, 3.05) is 29.4 Å². The molecule has 30 heavy (non-hydrogen) atoms. The molecule has 1 aliphatic rings. The first-order valence-electron chi connectivity index (χ1n) is 10.3. The second-order valence-corrected chi connectivity index (χ2v) is 8.62. The molecule has 2 N–H and O–H groups in total. The molecule has 1 aliphatic carbocycles. The Balaban J connectivity index is 0.000000713. The van der Waals surface area contributed by atoms with Gasteiger partial charge in [0.05, 0.1) is 18.8 Å². The molecule has 1 unspecified atom stereocenters. The molecule has 0 amide bonds. The van der Waals surface area contributed by atoms with Gasteiger partial charge in [-0.25, -0.2) is 4.21 Å². The number of allylic oxidation sites excluding steroid dienone is 1. The average Bonchev–Trinajstić information content (AvgIpc) is 3.56. The second kappa shape index (κ2) is 12.0. The lowest BCUT2D eigenvalue weighted by atomic mass is 10.0. The van der Waals surface area contributed by atoms with Crippen LogP contribution in [0, 0.1) is 17.2 Å². The quantitative estimate of drug-likeness (QED) is 0.420. The standard InChI is InChI=1S/C20H23N3O2S.C4H8/c1-4-22-20-13-18(25-3)10-11-19(20)16(14-21)12-15-6-8-17(9-7-15)23-26(24)5-2;1-4-2-3-4/h6-13,22-23H,4-5H2,1-3H3;4H,2-3H2,1H3/b16-12+;. The van der Waals surface area contributed by atoms with Crippen molar-refractivity contribution < 1.29 is 8.95 Å². The van der Waals surface area contributed by atoms with Crippen LogP contribution < -0.4 is 14.8 Å². The molecule has 6 heteroatoms. The molecule has 3 rings (SSSR count). The van der Waals surface area contributed by atoms with Crippen LogP contribution in [0.25, 0.3) is 11.6 Å². The van der Waals surface area contributed by atoms with Crippen molar-refractivity contribution in [1.82, 2.24) is 0 Å². The first-order valence-corrected chi connectivity index (χ1v) is 11.6. The van der Waals surface area contributed by atoms with E-state index in [1.165, 1.54) is 12.8 Å². The summed E-state index contributed by atoms with van der Waals surface area (Å²) in [6.45, 7) is 6.88. The Labute approximate surface area is 182 Å². The maximum absolute atomic E-state index is 11.6. The lowest BCUT2D eigenvalue weighted by Crippen LogP contribution is -2.05. The monoisotopic (exact) mass is 425 g/mol. The van der Waals surface area contributed by atoms with Gasteiger partial charge in [-0.15, -0.1) is 0 Å². The van der Waals surface area contributed by atoms with Crippen LogP contribution >= 0.6 is 0 Å². The zero-order valence-corrected chi connectivity index (χ0v) is 19.0. The lowest BCUT2D eigenvalue weighted by molar-refractivity contribution is 0.415. The van der Waals surface area contributed by atoms with Gasteiger partial charge in [-0.2, -0.15) is 5.26 Å². The van der Waals surface area contributed by atoms with Gasteiger partial charge in [0.15, 0.2) is 0 Å². The molecule has 1 saturated carbocycles. The molecule has 0 radical (unpaired) electrons. The third-order valence-corrected chi connectivity index (χ3v) is 5.57. The highest BCUT2D eigenvalue weighted by Crippen LogP contribution is 2.29. The Bertz CT molecular complexity index is 913. The van der Waals surface area contributed by atoms with Crippen LogP contribution in [0.1, 0.15) is 44.7 Å². The van der Waals surface area contributed by atoms with Gasteiger partial charge >= 0.3 is 0 Å². The van der Waals surface area contributed by atoms with Crippen LogP contribution in [-0.2, 0) is 11.0 Å². The van der Waals surface area contributed by atoms with E-state index in [-0.39, 0.29) is 0 Å². The number of hydrogen-bond donors (Lipinski definition) is 2. The van der Waals surface area contributed by atoms with E-state index in [9.17, 15) is 9.47 Å². The van der Waals surface area contributed by atoms with Gasteiger partial charge in [-0.3, -0.25) is 0 Å². The normalized spacial score (nSPS) is 14.0. The number of methoxy groups -OCH3 is 1. The number of nitriles is 1. The van der Waals surface area contributed by atoms with Gasteiger partial charge < -0.3 is 14.8 Å². The summed E-state index contributed by atoms with van der Waals surface area (Å²) in [5.41, 5.74) is 3.92. The van der Waals surface area contributed by atoms with E-state index in [2.05, 4.69) is 23.0 Å². The summed E-state index contributed by atoms with van der Waals surface area (Å²) in [6.07, 6.45) is 4.81. The molecule has 2 aromatic rings. The largest absolute Gasteiger partial charge is 0.497 e. The van der Waals surface area contributed by atoms with Crippen molar-refractivity contribution in [3.8, 4) is 11.8 Å². The maximum Gasteiger partial charge on any atom is 0.120 e. The van der Waals surface area contributed by atoms with E-state index < -0.39 is 11.0 Å². The number of rotatable bonds is 8. The Morgan fingerprint density at radius 3 is 2.40 bits per heavy atom. The van der Waals surface area contributed by atoms with E-state index >= 15 is 0 Å². The third-order valence-electron chi connectivity index (χ3n) is 4.59. The van der Waals surface area contributed by atoms with Crippen LogP contribution in [-0.4, -0.2) is 23.6 Å². The Hall–Kier alpha value is -2.78. The predicted octanol–water partition coefficient (Wildman–Crippen LogP) is 5.70. The highest BCUT2D eigenvalue weighted by Gasteiger charge is 2.12. The minimum Gasteiger partial charge on any atom is -0.497 e. The molecule has 1 fully saturated rings. The average molecular weight is 426 g/mol. The van der Waals surface area contributed by atoms with Crippen LogP contribution in [0.4, 0.5) is 11.4 Å². The zero-order valence-electron chi connectivity index (χ0n) is 18.2. The fourth-order valence-corrected chi connectivity index (χ4v) is 3.12. The van der Waals surface area contributed by atoms with E-state index in [1.807, 2.05) is 62.4 Å². The molecular formula is C24H31N3O2S. The van der Waals surface area contributed by atoms with Gasteiger partial charge in [0.1, 0.15) is 16.7 Å². The molecule has 0 bridgehead atoms. The van der Waals surface area contributed by atoms with Crippen molar-refractivity contribution in [2.45, 2.75) is 33.6 Å². The number of hydrogen-bond acceptors (Lipinski definition) is 4. The fraction of sp³-hybridized carbons (Fsp3) is 0.375. The smallest absolute Gasteiger partial charge is 0.120 e. The number of nitrogens with one attached hydrogen (secondary N) is 2. The highest BCUT2D eigenvalue weighted by molar-refractivity contribution is 7.86. The Kier molecular flexibility index (Phi) is 9.43. The summed E-state index contributed by atoms with van der Waals surface area (Å²) in [4.78, 5) is 0.